The molecule has 2 unspecified atom stereocenters. The Labute approximate surface area is 127 Å². The van der Waals surface area contributed by atoms with E-state index in [-0.39, 0.29) is 11.6 Å². The number of para-hydroxylation sites is 1. The molecule has 2 N–H and O–H groups in total. The van der Waals surface area contributed by atoms with Gasteiger partial charge in [0.15, 0.2) is 0 Å². The van der Waals surface area contributed by atoms with Crippen LogP contribution in [0.2, 0.25) is 0 Å². The summed E-state index contributed by atoms with van der Waals surface area (Å²) in [5, 5.41) is 0. The minimum atomic E-state index is 0.198. The molecule has 2 fully saturated rings. The first-order chi connectivity index (χ1) is 10.3. The summed E-state index contributed by atoms with van der Waals surface area (Å²) < 4.78 is 6.11. The molecule has 0 radical (unpaired) electrons. The number of ether oxygens (including phenoxy) is 1. The summed E-state index contributed by atoms with van der Waals surface area (Å²) in [7, 11) is 0. The van der Waals surface area contributed by atoms with Gasteiger partial charge in [0.2, 0.25) is 0 Å². The fraction of sp³-hybridized carbons (Fsp3) is 0.667. The third-order valence-electron chi connectivity index (χ3n) is 5.73. The van der Waals surface area contributed by atoms with E-state index in [1.165, 1.54) is 43.4 Å². The normalized spacial score (nSPS) is 31.4. The highest BCUT2D eigenvalue weighted by Crippen LogP contribution is 2.45. The summed E-state index contributed by atoms with van der Waals surface area (Å²) >= 11 is 0. The van der Waals surface area contributed by atoms with Crippen LogP contribution in [0.4, 0.5) is 5.69 Å². The van der Waals surface area contributed by atoms with Crippen molar-refractivity contribution in [3.05, 3.63) is 29.8 Å². The Morgan fingerprint density at radius 1 is 1.14 bits per heavy atom. The SMILES string of the molecule is NC1CCCN(C2CCOC3(CCC3)C2)c2ccccc21. The number of hydrogen-bond acceptors (Lipinski definition) is 3. The second-order valence-electron chi connectivity index (χ2n) is 7.03. The molecule has 1 aromatic carbocycles. The van der Waals surface area contributed by atoms with Crippen molar-refractivity contribution in [3.63, 3.8) is 0 Å². The zero-order valence-corrected chi connectivity index (χ0v) is 12.8. The molecule has 0 bridgehead atoms. The van der Waals surface area contributed by atoms with E-state index in [0.29, 0.717) is 6.04 Å². The van der Waals surface area contributed by atoms with Crippen LogP contribution in [0.1, 0.15) is 56.6 Å². The van der Waals surface area contributed by atoms with Crippen molar-refractivity contribution in [3.8, 4) is 0 Å². The molecule has 0 aromatic heterocycles. The number of fused-ring (bicyclic) bond motifs is 1. The molecule has 2 aliphatic heterocycles. The van der Waals surface area contributed by atoms with Gasteiger partial charge in [-0.1, -0.05) is 18.2 Å². The first kappa shape index (κ1) is 13.6. The monoisotopic (exact) mass is 286 g/mol. The molecule has 1 aromatic rings. The number of nitrogens with zero attached hydrogens (tertiary/aromatic N) is 1. The highest BCUT2D eigenvalue weighted by atomic mass is 16.5. The lowest BCUT2D eigenvalue weighted by Crippen LogP contribution is -2.52. The Balaban J connectivity index is 1.63. The fourth-order valence-corrected chi connectivity index (χ4v) is 4.39. The molecule has 3 heteroatoms. The lowest BCUT2D eigenvalue weighted by atomic mass is 9.73. The highest BCUT2D eigenvalue weighted by molar-refractivity contribution is 5.56. The minimum absolute atomic E-state index is 0.198. The predicted molar refractivity (Wildman–Crippen MR) is 85.5 cm³/mol. The Hall–Kier alpha value is -1.06. The first-order valence-electron chi connectivity index (χ1n) is 8.53. The summed E-state index contributed by atoms with van der Waals surface area (Å²) in [4.78, 5) is 2.64. The Bertz CT molecular complexity index is 512. The van der Waals surface area contributed by atoms with Crippen LogP contribution >= 0.6 is 0 Å². The van der Waals surface area contributed by atoms with E-state index in [1.807, 2.05) is 0 Å². The van der Waals surface area contributed by atoms with Crippen molar-refractivity contribution >= 4 is 5.69 Å². The molecule has 2 atom stereocenters. The summed E-state index contributed by atoms with van der Waals surface area (Å²) in [6.45, 7) is 2.07. The third kappa shape index (κ3) is 2.36. The van der Waals surface area contributed by atoms with Crippen molar-refractivity contribution in [1.82, 2.24) is 0 Å². The predicted octanol–water partition coefficient (Wildman–Crippen LogP) is 3.39. The maximum atomic E-state index is 6.38. The fourth-order valence-electron chi connectivity index (χ4n) is 4.39. The van der Waals surface area contributed by atoms with Crippen LogP contribution in [-0.4, -0.2) is 24.8 Å². The van der Waals surface area contributed by atoms with Crippen molar-refractivity contribution in [1.29, 1.82) is 0 Å². The number of anilines is 1. The van der Waals surface area contributed by atoms with Gasteiger partial charge >= 0.3 is 0 Å². The largest absolute Gasteiger partial charge is 0.375 e. The van der Waals surface area contributed by atoms with E-state index in [9.17, 15) is 0 Å². The smallest absolute Gasteiger partial charge is 0.0702 e. The maximum absolute atomic E-state index is 6.38. The van der Waals surface area contributed by atoms with Gasteiger partial charge in [0.25, 0.3) is 0 Å². The highest BCUT2D eigenvalue weighted by Gasteiger charge is 2.44. The van der Waals surface area contributed by atoms with Crippen LogP contribution in [-0.2, 0) is 4.74 Å². The molecule has 2 heterocycles. The molecule has 4 rings (SSSR count). The lowest BCUT2D eigenvalue weighted by molar-refractivity contribution is -0.132. The van der Waals surface area contributed by atoms with Crippen LogP contribution < -0.4 is 10.6 Å². The van der Waals surface area contributed by atoms with Gasteiger partial charge in [0, 0.05) is 30.9 Å². The van der Waals surface area contributed by atoms with Gasteiger partial charge in [-0.25, -0.2) is 0 Å². The van der Waals surface area contributed by atoms with Crippen molar-refractivity contribution in [2.24, 2.45) is 5.73 Å². The van der Waals surface area contributed by atoms with Crippen molar-refractivity contribution in [2.75, 3.05) is 18.1 Å². The maximum Gasteiger partial charge on any atom is 0.0702 e. The zero-order valence-electron chi connectivity index (χ0n) is 12.8. The second kappa shape index (κ2) is 5.29. The van der Waals surface area contributed by atoms with E-state index in [4.69, 9.17) is 10.5 Å². The van der Waals surface area contributed by atoms with Gasteiger partial charge in [-0.2, -0.15) is 0 Å². The molecule has 1 saturated carbocycles. The minimum Gasteiger partial charge on any atom is -0.375 e. The molecule has 114 valence electrons. The Morgan fingerprint density at radius 2 is 2.00 bits per heavy atom. The number of hydrogen-bond donors (Lipinski definition) is 1. The molecular formula is C18H26N2O. The molecule has 3 aliphatic rings. The molecule has 21 heavy (non-hydrogen) atoms. The van der Waals surface area contributed by atoms with E-state index < -0.39 is 0 Å². The number of rotatable bonds is 1. The van der Waals surface area contributed by atoms with Crippen LogP contribution in [0.3, 0.4) is 0 Å². The number of nitrogens with two attached hydrogens (primary N) is 1. The third-order valence-corrected chi connectivity index (χ3v) is 5.73. The van der Waals surface area contributed by atoms with Crippen molar-refractivity contribution in [2.45, 2.75) is 62.6 Å². The topological polar surface area (TPSA) is 38.5 Å². The van der Waals surface area contributed by atoms with E-state index in [2.05, 4.69) is 29.2 Å². The molecule has 1 saturated heterocycles. The van der Waals surface area contributed by atoms with Gasteiger partial charge < -0.3 is 15.4 Å². The molecule has 1 spiro atoms. The zero-order chi connectivity index (χ0) is 14.3. The molecule has 0 amide bonds. The Morgan fingerprint density at radius 3 is 2.81 bits per heavy atom. The molecular weight excluding hydrogens is 260 g/mol. The molecule has 1 aliphatic carbocycles. The van der Waals surface area contributed by atoms with Crippen LogP contribution in [0.5, 0.6) is 0 Å². The summed E-state index contributed by atoms with van der Waals surface area (Å²) in [5.74, 6) is 0. The van der Waals surface area contributed by atoms with Gasteiger partial charge in [-0.15, -0.1) is 0 Å². The van der Waals surface area contributed by atoms with Gasteiger partial charge in [-0.05, 0) is 56.6 Å². The van der Waals surface area contributed by atoms with Crippen LogP contribution in [0.15, 0.2) is 24.3 Å². The number of benzene rings is 1. The second-order valence-corrected chi connectivity index (χ2v) is 7.03. The van der Waals surface area contributed by atoms with Gasteiger partial charge in [0.1, 0.15) is 0 Å². The standard InChI is InChI=1S/C18H26N2O/c19-16-6-3-11-20(17-7-2-1-5-15(16)17)14-8-12-21-18(13-14)9-4-10-18/h1-2,5,7,14,16H,3-4,6,8-13,19H2. The van der Waals surface area contributed by atoms with Crippen LogP contribution in [0.25, 0.3) is 0 Å². The summed E-state index contributed by atoms with van der Waals surface area (Å²) in [6, 6.07) is 9.59. The van der Waals surface area contributed by atoms with E-state index in [1.54, 1.807) is 0 Å². The average molecular weight is 286 g/mol. The Kier molecular flexibility index (Phi) is 3.43. The van der Waals surface area contributed by atoms with Gasteiger partial charge in [-0.3, -0.25) is 0 Å². The van der Waals surface area contributed by atoms with E-state index in [0.717, 1.165) is 26.0 Å². The van der Waals surface area contributed by atoms with Gasteiger partial charge in [0.05, 0.1) is 5.60 Å². The summed E-state index contributed by atoms with van der Waals surface area (Å²) in [5.41, 5.74) is 9.31. The average Bonchev–Trinajstić information content (AvgIpc) is 2.66. The van der Waals surface area contributed by atoms with Crippen molar-refractivity contribution < 1.29 is 4.74 Å². The quantitative estimate of drug-likeness (QED) is 0.860. The first-order valence-corrected chi connectivity index (χ1v) is 8.53. The molecule has 3 nitrogen and oxygen atoms in total. The van der Waals surface area contributed by atoms with Crippen LogP contribution in [0, 0.1) is 0 Å². The summed E-state index contributed by atoms with van der Waals surface area (Å²) in [6.07, 6.45) is 8.52. The lowest BCUT2D eigenvalue weighted by Gasteiger charge is -2.50. The van der Waals surface area contributed by atoms with E-state index >= 15 is 0 Å².